The Labute approximate surface area is 155 Å². The van der Waals surface area contributed by atoms with E-state index in [1.807, 2.05) is 48.5 Å². The van der Waals surface area contributed by atoms with Crippen molar-refractivity contribution in [2.45, 2.75) is 5.92 Å². The van der Waals surface area contributed by atoms with E-state index in [2.05, 4.69) is 10.5 Å². The third-order valence-electron chi connectivity index (χ3n) is 4.57. The molecule has 0 unspecified atom stereocenters. The number of nitrogens with zero attached hydrogens (tertiary/aromatic N) is 2. The summed E-state index contributed by atoms with van der Waals surface area (Å²) in [6.07, 6.45) is 1.40. The largest absolute Gasteiger partial charge is 0.272 e. The standard InChI is InChI=1S/C21H15N3O3/c25-21(23-22-13-14-6-5-7-15(12-14)24(26)27)20-18-10-3-1-8-16(18)17-9-2-4-11-19(17)20/h1-13,20H,(H,23,25)/b22-13-. The second-order valence-electron chi connectivity index (χ2n) is 6.19. The highest BCUT2D eigenvalue weighted by Crippen LogP contribution is 2.44. The van der Waals surface area contributed by atoms with Crippen LogP contribution in [-0.4, -0.2) is 17.0 Å². The normalized spacial score (nSPS) is 12.6. The highest BCUT2D eigenvalue weighted by Gasteiger charge is 2.33. The molecule has 1 aliphatic rings. The summed E-state index contributed by atoms with van der Waals surface area (Å²) in [5, 5.41) is 14.8. The maximum atomic E-state index is 12.8. The Morgan fingerprint density at radius 1 is 0.963 bits per heavy atom. The molecule has 3 aromatic rings. The average molecular weight is 357 g/mol. The van der Waals surface area contributed by atoms with Crippen molar-refractivity contribution in [3.05, 3.63) is 99.6 Å². The molecule has 0 aliphatic heterocycles. The zero-order valence-corrected chi connectivity index (χ0v) is 14.2. The Kier molecular flexibility index (Phi) is 4.22. The van der Waals surface area contributed by atoms with Gasteiger partial charge in [-0.2, -0.15) is 5.10 Å². The van der Waals surface area contributed by atoms with E-state index in [1.54, 1.807) is 12.1 Å². The topological polar surface area (TPSA) is 84.6 Å². The summed E-state index contributed by atoms with van der Waals surface area (Å²) in [7, 11) is 0. The molecule has 0 aromatic heterocycles. The number of hydrogen-bond acceptors (Lipinski definition) is 4. The van der Waals surface area contributed by atoms with Crippen LogP contribution in [0.2, 0.25) is 0 Å². The number of amides is 1. The van der Waals surface area contributed by atoms with Crippen molar-refractivity contribution < 1.29 is 9.72 Å². The summed E-state index contributed by atoms with van der Waals surface area (Å²) in [6, 6.07) is 21.7. The Morgan fingerprint density at radius 3 is 2.22 bits per heavy atom. The van der Waals surface area contributed by atoms with Gasteiger partial charge in [-0.1, -0.05) is 60.7 Å². The Balaban J connectivity index is 1.57. The van der Waals surface area contributed by atoms with E-state index in [-0.39, 0.29) is 11.6 Å². The lowest BCUT2D eigenvalue weighted by atomic mass is 9.96. The lowest BCUT2D eigenvalue weighted by molar-refractivity contribution is -0.384. The van der Waals surface area contributed by atoms with Crippen molar-refractivity contribution in [2.24, 2.45) is 5.10 Å². The first-order valence-corrected chi connectivity index (χ1v) is 8.41. The Bertz CT molecular complexity index is 1030. The van der Waals surface area contributed by atoms with E-state index in [0.717, 1.165) is 22.3 Å². The third-order valence-corrected chi connectivity index (χ3v) is 4.57. The van der Waals surface area contributed by atoms with Crippen molar-refractivity contribution in [3.8, 4) is 11.1 Å². The molecule has 0 atom stereocenters. The number of nitrogens with one attached hydrogen (secondary N) is 1. The van der Waals surface area contributed by atoms with Crippen LogP contribution < -0.4 is 5.43 Å². The van der Waals surface area contributed by atoms with Crippen LogP contribution in [0.3, 0.4) is 0 Å². The number of rotatable bonds is 4. The fraction of sp³-hybridized carbons (Fsp3) is 0.0476. The van der Waals surface area contributed by atoms with Crippen LogP contribution in [0.5, 0.6) is 0 Å². The SMILES string of the molecule is O=C(N/N=C\c1cccc([N+](=O)[O-])c1)C1c2ccccc2-c2ccccc21. The van der Waals surface area contributed by atoms with E-state index in [1.165, 1.54) is 18.3 Å². The zero-order chi connectivity index (χ0) is 18.8. The number of benzene rings is 3. The first-order valence-electron chi connectivity index (χ1n) is 8.41. The quantitative estimate of drug-likeness (QED) is 0.437. The molecule has 4 rings (SSSR count). The molecule has 3 aromatic carbocycles. The lowest BCUT2D eigenvalue weighted by Gasteiger charge is -2.11. The second-order valence-corrected chi connectivity index (χ2v) is 6.19. The molecule has 27 heavy (non-hydrogen) atoms. The fourth-order valence-corrected chi connectivity index (χ4v) is 3.39. The van der Waals surface area contributed by atoms with Gasteiger partial charge in [-0.25, -0.2) is 5.43 Å². The van der Waals surface area contributed by atoms with Crippen molar-refractivity contribution in [1.29, 1.82) is 0 Å². The van der Waals surface area contributed by atoms with Crippen molar-refractivity contribution >= 4 is 17.8 Å². The van der Waals surface area contributed by atoms with Gasteiger partial charge in [-0.3, -0.25) is 14.9 Å². The van der Waals surface area contributed by atoms with E-state index in [0.29, 0.717) is 5.56 Å². The van der Waals surface area contributed by atoms with Gasteiger partial charge in [-0.05, 0) is 22.3 Å². The van der Waals surface area contributed by atoms with E-state index >= 15 is 0 Å². The van der Waals surface area contributed by atoms with Crippen LogP contribution in [0, 0.1) is 10.1 Å². The summed E-state index contributed by atoms with van der Waals surface area (Å²) >= 11 is 0. The fourth-order valence-electron chi connectivity index (χ4n) is 3.39. The smallest absolute Gasteiger partial charge is 0.270 e. The Hall–Kier alpha value is -3.80. The minimum absolute atomic E-state index is 0.0241. The molecule has 0 saturated heterocycles. The number of carbonyl (C=O) groups excluding carboxylic acids is 1. The summed E-state index contributed by atoms with van der Waals surface area (Å²) in [5.74, 6) is -0.672. The van der Waals surface area contributed by atoms with Crippen LogP contribution in [0.25, 0.3) is 11.1 Å². The maximum absolute atomic E-state index is 12.8. The van der Waals surface area contributed by atoms with Crippen molar-refractivity contribution in [3.63, 3.8) is 0 Å². The van der Waals surface area contributed by atoms with E-state index in [4.69, 9.17) is 0 Å². The van der Waals surface area contributed by atoms with Gasteiger partial charge in [-0.15, -0.1) is 0 Å². The molecular formula is C21H15N3O3. The predicted molar refractivity (Wildman–Crippen MR) is 103 cm³/mol. The molecule has 0 heterocycles. The summed E-state index contributed by atoms with van der Waals surface area (Å²) in [4.78, 5) is 23.2. The predicted octanol–water partition coefficient (Wildman–Crippen LogP) is 3.86. The number of nitro groups is 1. The minimum atomic E-state index is -0.470. The molecule has 0 saturated carbocycles. The number of fused-ring (bicyclic) bond motifs is 3. The number of hydrazone groups is 1. The summed E-state index contributed by atoms with van der Waals surface area (Å²) in [5.41, 5.74) is 7.07. The highest BCUT2D eigenvalue weighted by atomic mass is 16.6. The van der Waals surface area contributed by atoms with Crippen molar-refractivity contribution in [2.75, 3.05) is 0 Å². The first-order chi connectivity index (χ1) is 13.1. The van der Waals surface area contributed by atoms with Gasteiger partial charge >= 0.3 is 0 Å². The molecule has 1 aliphatic carbocycles. The molecule has 0 fully saturated rings. The van der Waals surface area contributed by atoms with Gasteiger partial charge in [0.15, 0.2) is 0 Å². The molecule has 1 N–H and O–H groups in total. The monoisotopic (exact) mass is 357 g/mol. The van der Waals surface area contributed by atoms with Gasteiger partial charge < -0.3 is 0 Å². The van der Waals surface area contributed by atoms with Gasteiger partial charge in [0.05, 0.1) is 17.1 Å². The van der Waals surface area contributed by atoms with E-state index < -0.39 is 10.8 Å². The molecule has 132 valence electrons. The van der Waals surface area contributed by atoms with Crippen LogP contribution >= 0.6 is 0 Å². The molecule has 6 heteroatoms. The summed E-state index contributed by atoms with van der Waals surface area (Å²) in [6.45, 7) is 0. The zero-order valence-electron chi connectivity index (χ0n) is 14.2. The Morgan fingerprint density at radius 2 is 1.59 bits per heavy atom. The number of non-ortho nitro benzene ring substituents is 1. The van der Waals surface area contributed by atoms with Gasteiger partial charge in [0.1, 0.15) is 0 Å². The molecular weight excluding hydrogens is 342 g/mol. The molecule has 0 radical (unpaired) electrons. The number of carbonyl (C=O) groups is 1. The first kappa shape index (κ1) is 16.7. The molecule has 0 bridgehead atoms. The lowest BCUT2D eigenvalue weighted by Crippen LogP contribution is -2.25. The number of hydrogen-bond donors (Lipinski definition) is 1. The highest BCUT2D eigenvalue weighted by molar-refractivity contribution is 5.96. The average Bonchev–Trinajstić information content (AvgIpc) is 3.03. The maximum Gasteiger partial charge on any atom is 0.270 e. The molecule has 0 spiro atoms. The second kappa shape index (κ2) is 6.84. The van der Waals surface area contributed by atoms with Crippen LogP contribution in [0.15, 0.2) is 77.9 Å². The van der Waals surface area contributed by atoms with Crippen LogP contribution in [0.1, 0.15) is 22.6 Å². The van der Waals surface area contributed by atoms with Gasteiger partial charge in [0.25, 0.3) is 11.6 Å². The van der Waals surface area contributed by atoms with Crippen LogP contribution in [0.4, 0.5) is 5.69 Å². The minimum Gasteiger partial charge on any atom is -0.272 e. The van der Waals surface area contributed by atoms with Crippen molar-refractivity contribution in [1.82, 2.24) is 5.43 Å². The van der Waals surface area contributed by atoms with E-state index in [9.17, 15) is 14.9 Å². The third kappa shape index (κ3) is 3.08. The number of nitro benzene ring substituents is 1. The molecule has 6 nitrogen and oxygen atoms in total. The van der Waals surface area contributed by atoms with Gasteiger partial charge in [0, 0.05) is 17.7 Å². The van der Waals surface area contributed by atoms with Gasteiger partial charge in [0.2, 0.25) is 0 Å². The summed E-state index contributed by atoms with van der Waals surface area (Å²) < 4.78 is 0. The van der Waals surface area contributed by atoms with Crippen LogP contribution in [-0.2, 0) is 4.79 Å². The molecule has 1 amide bonds.